The molecule has 1 unspecified atom stereocenters. The minimum atomic E-state index is -0.361. The summed E-state index contributed by atoms with van der Waals surface area (Å²) in [4.78, 5) is 11.0. The fourth-order valence-electron chi connectivity index (χ4n) is 1.15. The van der Waals surface area contributed by atoms with Gasteiger partial charge in [0.15, 0.2) is 0 Å². The zero-order chi connectivity index (χ0) is 11.3. The minimum Gasteiger partial charge on any atom is -0.465 e. The van der Waals surface area contributed by atoms with Gasteiger partial charge in [0.1, 0.15) is 4.83 Å². The summed E-state index contributed by atoms with van der Waals surface area (Å²) >= 11 is 6.80. The Balaban J connectivity index is 2.68. The van der Waals surface area contributed by atoms with Crippen LogP contribution in [-0.2, 0) is 9.53 Å². The lowest BCUT2D eigenvalue weighted by molar-refractivity contribution is -0.142. The predicted molar refractivity (Wildman–Crippen MR) is 67.5 cm³/mol. The molecular formula is C11H12Br2O2. The van der Waals surface area contributed by atoms with Crippen LogP contribution in [0.3, 0.4) is 0 Å². The Morgan fingerprint density at radius 2 is 1.93 bits per heavy atom. The maximum atomic E-state index is 11.5. The second kappa shape index (κ2) is 6.28. The average Bonchev–Trinajstić information content (AvgIpc) is 2.28. The van der Waals surface area contributed by atoms with E-state index in [9.17, 15) is 4.79 Å². The Labute approximate surface area is 106 Å². The maximum Gasteiger partial charge on any atom is 0.321 e. The van der Waals surface area contributed by atoms with Crippen LogP contribution in [0.4, 0.5) is 0 Å². The van der Waals surface area contributed by atoms with Crippen LogP contribution in [0.1, 0.15) is 17.3 Å². The molecule has 0 fully saturated rings. The molecule has 0 spiro atoms. The van der Waals surface area contributed by atoms with Gasteiger partial charge in [-0.2, -0.15) is 0 Å². The highest BCUT2D eigenvalue weighted by molar-refractivity contribution is 9.12. The Bertz CT molecular complexity index is 314. The molecule has 1 aromatic rings. The highest BCUT2D eigenvalue weighted by atomic mass is 79.9. The molecule has 4 heteroatoms. The predicted octanol–water partition coefficient (Wildman–Crippen LogP) is 3.45. The van der Waals surface area contributed by atoms with Crippen molar-refractivity contribution in [2.75, 3.05) is 6.61 Å². The molecule has 0 aliphatic rings. The van der Waals surface area contributed by atoms with Gasteiger partial charge in [0.25, 0.3) is 0 Å². The van der Waals surface area contributed by atoms with Gasteiger partial charge in [0.05, 0.1) is 11.4 Å². The number of esters is 1. The number of carbonyl (C=O) groups excluding carboxylic acids is 1. The van der Waals surface area contributed by atoms with E-state index < -0.39 is 0 Å². The third-order valence-electron chi connectivity index (χ3n) is 1.89. The third kappa shape index (κ3) is 3.61. The van der Waals surface area contributed by atoms with Gasteiger partial charge in [-0.25, -0.2) is 0 Å². The average molecular weight is 336 g/mol. The molecular weight excluding hydrogens is 324 g/mol. The Morgan fingerprint density at radius 1 is 1.33 bits per heavy atom. The van der Waals surface area contributed by atoms with Gasteiger partial charge in [-0.3, -0.25) is 4.79 Å². The van der Waals surface area contributed by atoms with Crippen LogP contribution in [0, 0.1) is 0 Å². The molecule has 82 valence electrons. The van der Waals surface area contributed by atoms with Crippen molar-refractivity contribution in [3.63, 3.8) is 0 Å². The van der Waals surface area contributed by atoms with Gasteiger partial charge in [0, 0.05) is 0 Å². The summed E-state index contributed by atoms with van der Waals surface area (Å²) in [5, 5.41) is 0. The van der Waals surface area contributed by atoms with Crippen LogP contribution in [0.2, 0.25) is 0 Å². The van der Waals surface area contributed by atoms with E-state index in [0.717, 1.165) is 5.56 Å². The van der Waals surface area contributed by atoms with Crippen molar-refractivity contribution in [1.82, 2.24) is 0 Å². The van der Waals surface area contributed by atoms with Gasteiger partial charge in [0.2, 0.25) is 0 Å². The molecule has 0 bridgehead atoms. The SMILES string of the molecule is CCOC(=O)C(Br)[C@@H](Br)c1ccccc1. The largest absolute Gasteiger partial charge is 0.465 e. The van der Waals surface area contributed by atoms with Crippen molar-refractivity contribution < 1.29 is 9.53 Å². The summed E-state index contributed by atoms with van der Waals surface area (Å²) in [6.07, 6.45) is 0. The van der Waals surface area contributed by atoms with Gasteiger partial charge in [-0.1, -0.05) is 62.2 Å². The quantitative estimate of drug-likeness (QED) is 0.622. The topological polar surface area (TPSA) is 26.3 Å². The molecule has 0 saturated carbocycles. The van der Waals surface area contributed by atoms with E-state index in [0.29, 0.717) is 6.61 Å². The maximum absolute atomic E-state index is 11.5. The second-order valence-electron chi connectivity index (χ2n) is 2.97. The Kier molecular flexibility index (Phi) is 5.32. The summed E-state index contributed by atoms with van der Waals surface area (Å²) in [5.74, 6) is -0.247. The molecule has 2 atom stereocenters. The first kappa shape index (κ1) is 12.7. The zero-order valence-electron chi connectivity index (χ0n) is 8.32. The van der Waals surface area contributed by atoms with E-state index in [1.807, 2.05) is 30.3 Å². The molecule has 0 aliphatic carbocycles. The van der Waals surface area contributed by atoms with E-state index in [4.69, 9.17) is 4.74 Å². The van der Waals surface area contributed by atoms with Crippen LogP contribution in [0.25, 0.3) is 0 Å². The molecule has 2 nitrogen and oxygen atoms in total. The molecule has 0 amide bonds. The lowest BCUT2D eigenvalue weighted by Gasteiger charge is -2.15. The van der Waals surface area contributed by atoms with Crippen LogP contribution in [0.15, 0.2) is 30.3 Å². The van der Waals surface area contributed by atoms with Crippen molar-refractivity contribution in [2.24, 2.45) is 0 Å². The summed E-state index contributed by atoms with van der Waals surface area (Å²) in [5.41, 5.74) is 1.05. The molecule has 15 heavy (non-hydrogen) atoms. The van der Waals surface area contributed by atoms with Crippen molar-refractivity contribution in [2.45, 2.75) is 16.6 Å². The Morgan fingerprint density at radius 3 is 2.47 bits per heavy atom. The van der Waals surface area contributed by atoms with E-state index in [1.54, 1.807) is 6.92 Å². The van der Waals surface area contributed by atoms with Gasteiger partial charge in [-0.15, -0.1) is 0 Å². The van der Waals surface area contributed by atoms with Crippen LogP contribution in [0.5, 0.6) is 0 Å². The van der Waals surface area contributed by atoms with E-state index in [2.05, 4.69) is 31.9 Å². The molecule has 1 rings (SSSR count). The van der Waals surface area contributed by atoms with Gasteiger partial charge in [-0.05, 0) is 12.5 Å². The standard InChI is InChI=1S/C11H12Br2O2/c1-2-15-11(14)10(13)9(12)8-6-4-3-5-7-8/h3-7,9-10H,2H2,1H3/t9-,10?/m0/s1. The number of hydrogen-bond donors (Lipinski definition) is 0. The van der Waals surface area contributed by atoms with E-state index in [1.165, 1.54) is 0 Å². The molecule has 0 aliphatic heterocycles. The first-order chi connectivity index (χ1) is 7.16. The Hall–Kier alpha value is -0.350. The molecule has 1 aromatic carbocycles. The van der Waals surface area contributed by atoms with Crippen LogP contribution in [-0.4, -0.2) is 17.4 Å². The van der Waals surface area contributed by atoms with Crippen LogP contribution >= 0.6 is 31.9 Å². The molecule has 0 N–H and O–H groups in total. The highest BCUT2D eigenvalue weighted by Crippen LogP contribution is 2.31. The number of carbonyl (C=O) groups is 1. The van der Waals surface area contributed by atoms with Gasteiger partial charge < -0.3 is 4.74 Å². The fourth-order valence-corrected chi connectivity index (χ4v) is 2.11. The third-order valence-corrected chi connectivity index (χ3v) is 4.56. The number of hydrogen-bond acceptors (Lipinski definition) is 2. The van der Waals surface area contributed by atoms with Gasteiger partial charge >= 0.3 is 5.97 Å². The number of ether oxygens (including phenoxy) is 1. The molecule has 0 radical (unpaired) electrons. The molecule has 0 aromatic heterocycles. The lowest BCUT2D eigenvalue weighted by atomic mass is 10.1. The van der Waals surface area contributed by atoms with Crippen molar-refractivity contribution >= 4 is 37.8 Å². The highest BCUT2D eigenvalue weighted by Gasteiger charge is 2.25. The zero-order valence-corrected chi connectivity index (χ0v) is 11.5. The van der Waals surface area contributed by atoms with E-state index in [-0.39, 0.29) is 15.6 Å². The molecule has 0 heterocycles. The fraction of sp³-hybridized carbons (Fsp3) is 0.364. The van der Waals surface area contributed by atoms with Crippen LogP contribution < -0.4 is 0 Å². The normalized spacial score (nSPS) is 14.3. The van der Waals surface area contributed by atoms with Crippen molar-refractivity contribution in [3.8, 4) is 0 Å². The first-order valence-corrected chi connectivity index (χ1v) is 6.49. The van der Waals surface area contributed by atoms with Crippen molar-refractivity contribution in [3.05, 3.63) is 35.9 Å². The summed E-state index contributed by atoms with van der Waals surface area (Å²) < 4.78 is 4.93. The monoisotopic (exact) mass is 334 g/mol. The number of halogens is 2. The summed E-state index contributed by atoms with van der Waals surface area (Å²) in [6, 6.07) is 9.75. The minimum absolute atomic E-state index is 0.0715. The number of benzene rings is 1. The second-order valence-corrected chi connectivity index (χ2v) is 4.94. The molecule has 0 saturated heterocycles. The smallest absolute Gasteiger partial charge is 0.321 e. The summed E-state index contributed by atoms with van der Waals surface area (Å²) in [7, 11) is 0. The number of alkyl halides is 2. The van der Waals surface area contributed by atoms with E-state index >= 15 is 0 Å². The first-order valence-electron chi connectivity index (χ1n) is 4.66. The summed E-state index contributed by atoms with van der Waals surface area (Å²) in [6.45, 7) is 2.19. The lowest BCUT2D eigenvalue weighted by Crippen LogP contribution is -2.21. The van der Waals surface area contributed by atoms with Crippen molar-refractivity contribution in [1.29, 1.82) is 0 Å². The number of rotatable bonds is 4.